The monoisotopic (exact) mass is 539 g/mol. The van der Waals surface area contributed by atoms with Gasteiger partial charge in [0.05, 0.1) is 24.8 Å². The first-order chi connectivity index (χ1) is 17.4. The molecule has 2 saturated heterocycles. The molecule has 0 aromatic carbocycles. The van der Waals surface area contributed by atoms with Crippen molar-refractivity contribution >= 4 is 5.91 Å². The zero-order valence-corrected chi connectivity index (χ0v) is 20.5. The van der Waals surface area contributed by atoms with Crippen molar-refractivity contribution in [2.24, 2.45) is 28.9 Å². The van der Waals surface area contributed by atoms with Crippen molar-refractivity contribution in [1.82, 2.24) is 5.32 Å². The van der Waals surface area contributed by atoms with Gasteiger partial charge in [0.1, 0.15) is 48.8 Å². The number of hydrogen-bond acceptors (Lipinski definition) is 15. The highest BCUT2D eigenvalue weighted by Gasteiger charge is 2.52. The Labute approximate surface area is 213 Å². The number of aliphatic hydroxyl groups is 6. The molecule has 1 unspecified atom stereocenters. The Morgan fingerprint density at radius 1 is 0.973 bits per heavy atom. The molecule has 16 heteroatoms. The van der Waals surface area contributed by atoms with E-state index in [1.807, 2.05) is 0 Å². The third kappa shape index (κ3) is 6.39. The van der Waals surface area contributed by atoms with Crippen molar-refractivity contribution in [3.05, 3.63) is 0 Å². The SMILES string of the molecule is C[C@H]1[C@H](O[C@@H]2O[C@H](CO)[C@@H](O[C@H]3O[C@@H](CN)[C@@H](O)[C@H](O)[C@H]3N)[C@H]2O)[C@@H](O)[C@H](NC(=O)C(O)CN)C[C@@H]1N. The Bertz CT molecular complexity index is 754. The first kappa shape index (κ1) is 30.5. The van der Waals surface area contributed by atoms with E-state index in [0.717, 1.165) is 0 Å². The molecule has 0 spiro atoms. The molecule has 3 fully saturated rings. The fourth-order valence-electron chi connectivity index (χ4n) is 4.88. The quantitative estimate of drug-likeness (QED) is 0.130. The molecule has 0 radical (unpaired) electrons. The molecule has 0 bridgehead atoms. The lowest BCUT2D eigenvalue weighted by molar-refractivity contribution is -0.280. The van der Waals surface area contributed by atoms with Crippen LogP contribution in [-0.2, 0) is 23.7 Å². The summed E-state index contributed by atoms with van der Waals surface area (Å²) >= 11 is 0. The molecule has 16 nitrogen and oxygen atoms in total. The van der Waals surface area contributed by atoms with Crippen molar-refractivity contribution < 1.29 is 54.4 Å². The minimum Gasteiger partial charge on any atom is -0.394 e. The molecule has 0 aromatic rings. The van der Waals surface area contributed by atoms with Crippen LogP contribution in [0.5, 0.6) is 0 Å². The molecule has 3 aliphatic rings. The molecule has 2 aliphatic heterocycles. The van der Waals surface area contributed by atoms with Crippen LogP contribution in [0.25, 0.3) is 0 Å². The summed E-state index contributed by atoms with van der Waals surface area (Å²) in [4.78, 5) is 12.1. The second-order valence-corrected chi connectivity index (χ2v) is 9.87. The number of aliphatic hydroxyl groups excluding tert-OH is 6. The summed E-state index contributed by atoms with van der Waals surface area (Å²) in [7, 11) is 0. The zero-order chi connectivity index (χ0) is 27.6. The predicted molar refractivity (Wildman–Crippen MR) is 124 cm³/mol. The number of ether oxygens (including phenoxy) is 4. The van der Waals surface area contributed by atoms with E-state index in [1.54, 1.807) is 6.92 Å². The van der Waals surface area contributed by atoms with Crippen LogP contribution in [0.1, 0.15) is 13.3 Å². The fourth-order valence-corrected chi connectivity index (χ4v) is 4.88. The van der Waals surface area contributed by atoms with Crippen LogP contribution in [-0.4, -0.2) is 142 Å². The normalized spacial score (nSPS) is 47.5. The van der Waals surface area contributed by atoms with Crippen LogP contribution < -0.4 is 28.3 Å². The summed E-state index contributed by atoms with van der Waals surface area (Å²) in [5.41, 5.74) is 23.0. The van der Waals surface area contributed by atoms with Crippen LogP contribution in [0.15, 0.2) is 0 Å². The van der Waals surface area contributed by atoms with Crippen molar-refractivity contribution in [1.29, 1.82) is 0 Å². The summed E-state index contributed by atoms with van der Waals surface area (Å²) in [5.74, 6) is -1.21. The van der Waals surface area contributed by atoms with Gasteiger partial charge < -0.3 is 77.8 Å². The van der Waals surface area contributed by atoms with Crippen molar-refractivity contribution in [3.8, 4) is 0 Å². The van der Waals surface area contributed by atoms with Crippen molar-refractivity contribution in [2.75, 3.05) is 19.7 Å². The van der Waals surface area contributed by atoms with E-state index in [-0.39, 0.29) is 19.5 Å². The number of carbonyl (C=O) groups is 1. The molecule has 3 rings (SSSR count). The Balaban J connectivity index is 1.70. The van der Waals surface area contributed by atoms with E-state index >= 15 is 0 Å². The van der Waals surface area contributed by atoms with Crippen LogP contribution in [0.2, 0.25) is 0 Å². The summed E-state index contributed by atoms with van der Waals surface area (Å²) in [6.07, 6.45) is -13.8. The van der Waals surface area contributed by atoms with Gasteiger partial charge in [-0.3, -0.25) is 4.79 Å². The first-order valence-corrected chi connectivity index (χ1v) is 12.3. The minimum absolute atomic E-state index is 0.137. The third-order valence-corrected chi connectivity index (χ3v) is 7.36. The van der Waals surface area contributed by atoms with Gasteiger partial charge in [-0.2, -0.15) is 0 Å². The molecule has 1 saturated carbocycles. The molecule has 15 N–H and O–H groups in total. The van der Waals surface area contributed by atoms with Gasteiger partial charge in [0, 0.05) is 25.0 Å². The number of carbonyl (C=O) groups excluding carboxylic acids is 1. The van der Waals surface area contributed by atoms with Gasteiger partial charge in [0.25, 0.3) is 0 Å². The highest BCUT2D eigenvalue weighted by molar-refractivity contribution is 5.81. The van der Waals surface area contributed by atoms with Crippen LogP contribution >= 0.6 is 0 Å². The highest BCUT2D eigenvalue weighted by Crippen LogP contribution is 2.34. The average molecular weight is 540 g/mol. The van der Waals surface area contributed by atoms with Gasteiger partial charge in [0.15, 0.2) is 12.6 Å². The molecular formula is C21H41N5O11. The zero-order valence-electron chi connectivity index (χ0n) is 20.5. The van der Waals surface area contributed by atoms with E-state index in [0.29, 0.717) is 0 Å². The van der Waals surface area contributed by atoms with Gasteiger partial charge in [-0.25, -0.2) is 0 Å². The summed E-state index contributed by atoms with van der Waals surface area (Å²) in [6, 6.07) is -2.60. The van der Waals surface area contributed by atoms with E-state index in [2.05, 4.69) is 5.32 Å². The molecular weight excluding hydrogens is 498 g/mol. The number of amides is 1. The van der Waals surface area contributed by atoms with Gasteiger partial charge in [0.2, 0.25) is 5.91 Å². The Morgan fingerprint density at radius 3 is 2.19 bits per heavy atom. The van der Waals surface area contributed by atoms with E-state index in [9.17, 15) is 35.4 Å². The number of hydrogen-bond donors (Lipinski definition) is 11. The standard InChI is InChI=1S/C21H41N5O11/c1-6-7(24)2-8(26-19(33)9(28)3-22)13(29)17(6)36-21-16(32)18(11(5-27)35-21)37-20-12(25)15(31)14(30)10(4-23)34-20/h6-18,20-21,27-32H,2-5,22-25H2,1H3,(H,26,33)/t6-,7+,8-,9?,10+,11-,12-,13+,14-,15-,16-,17+,18-,20-,21+/m1/s1. The van der Waals surface area contributed by atoms with Gasteiger partial charge >= 0.3 is 0 Å². The Morgan fingerprint density at radius 2 is 1.59 bits per heavy atom. The largest absolute Gasteiger partial charge is 0.394 e. The first-order valence-electron chi connectivity index (χ1n) is 12.3. The number of nitrogens with two attached hydrogens (primary N) is 4. The van der Waals surface area contributed by atoms with Crippen molar-refractivity contribution in [2.45, 2.75) is 99.0 Å². The van der Waals surface area contributed by atoms with Crippen LogP contribution in [0.4, 0.5) is 0 Å². The van der Waals surface area contributed by atoms with E-state index in [1.165, 1.54) is 0 Å². The smallest absolute Gasteiger partial charge is 0.250 e. The molecule has 216 valence electrons. The molecule has 2 heterocycles. The predicted octanol–water partition coefficient (Wildman–Crippen LogP) is -6.90. The van der Waals surface area contributed by atoms with E-state index < -0.39 is 104 Å². The average Bonchev–Trinajstić information content (AvgIpc) is 3.18. The topological polar surface area (TPSA) is 291 Å². The summed E-state index contributed by atoms with van der Waals surface area (Å²) in [5, 5.41) is 64.1. The summed E-state index contributed by atoms with van der Waals surface area (Å²) in [6.45, 7) is 0.687. The lowest BCUT2D eigenvalue weighted by Gasteiger charge is -2.43. The number of rotatable bonds is 9. The molecule has 37 heavy (non-hydrogen) atoms. The maximum Gasteiger partial charge on any atom is 0.250 e. The molecule has 1 aliphatic carbocycles. The lowest BCUT2D eigenvalue weighted by Crippen LogP contribution is -2.64. The van der Waals surface area contributed by atoms with Gasteiger partial charge in [-0.05, 0) is 6.42 Å². The molecule has 0 aromatic heterocycles. The van der Waals surface area contributed by atoms with Gasteiger partial charge in [-0.15, -0.1) is 0 Å². The Kier molecular flexibility index (Phi) is 10.6. The van der Waals surface area contributed by atoms with E-state index in [4.69, 9.17) is 41.9 Å². The van der Waals surface area contributed by atoms with Crippen LogP contribution in [0.3, 0.4) is 0 Å². The highest BCUT2D eigenvalue weighted by atomic mass is 16.7. The molecule has 1 amide bonds. The second kappa shape index (κ2) is 12.8. The minimum atomic E-state index is -1.50. The fraction of sp³-hybridized carbons (Fsp3) is 0.952. The van der Waals surface area contributed by atoms with Crippen LogP contribution in [0, 0.1) is 5.92 Å². The second-order valence-electron chi connectivity index (χ2n) is 9.87. The lowest BCUT2D eigenvalue weighted by atomic mass is 9.78. The number of nitrogens with one attached hydrogen (secondary N) is 1. The molecule has 15 atom stereocenters. The summed E-state index contributed by atoms with van der Waals surface area (Å²) < 4.78 is 22.9. The van der Waals surface area contributed by atoms with Crippen molar-refractivity contribution in [3.63, 3.8) is 0 Å². The maximum absolute atomic E-state index is 12.1. The third-order valence-electron chi connectivity index (χ3n) is 7.36. The maximum atomic E-state index is 12.1. The Hall–Kier alpha value is -1.09. The van der Waals surface area contributed by atoms with Gasteiger partial charge in [-0.1, -0.05) is 6.92 Å².